The molecule has 1 aliphatic heterocycles. The van der Waals surface area contributed by atoms with Gasteiger partial charge in [0.2, 0.25) is 5.91 Å². The quantitative estimate of drug-likeness (QED) is 0.707. The highest BCUT2D eigenvalue weighted by atomic mass is 19.4. The molecular weight excluding hydrogens is 442 g/mol. The Morgan fingerprint density at radius 1 is 1.15 bits per heavy atom. The van der Waals surface area contributed by atoms with Crippen LogP contribution in [0.25, 0.3) is 0 Å². The summed E-state index contributed by atoms with van der Waals surface area (Å²) in [5.41, 5.74) is -1.29. The van der Waals surface area contributed by atoms with Gasteiger partial charge in [-0.3, -0.25) is 14.5 Å². The number of aryl methyl sites for hydroxylation is 1. The molecule has 6 nitrogen and oxygen atoms in total. The van der Waals surface area contributed by atoms with Gasteiger partial charge >= 0.3 is 6.18 Å². The molecule has 174 valence electrons. The predicted octanol–water partition coefficient (Wildman–Crippen LogP) is 3.21. The Morgan fingerprint density at radius 3 is 2.33 bits per heavy atom. The number of benzene rings is 1. The van der Waals surface area contributed by atoms with E-state index in [9.17, 15) is 32.3 Å². The first-order chi connectivity index (χ1) is 15.4. The lowest BCUT2D eigenvalue weighted by molar-refractivity contribution is -0.280. The SMILES string of the molecule is Cc1cnc(N2CC(=O)N(Cc3ccc(C(F)(F)F)cc3)C(C34CC(O)(C3)C4)C2=O)c(F)c1. The first-order valence-electron chi connectivity index (χ1n) is 10.5. The van der Waals surface area contributed by atoms with E-state index in [1.165, 1.54) is 29.3 Å². The second kappa shape index (κ2) is 6.99. The molecule has 3 saturated carbocycles. The van der Waals surface area contributed by atoms with Crippen molar-refractivity contribution in [3.8, 4) is 0 Å². The smallest absolute Gasteiger partial charge is 0.390 e. The molecule has 2 aromatic rings. The molecular formula is C23H21F4N3O3. The van der Waals surface area contributed by atoms with Gasteiger partial charge < -0.3 is 10.0 Å². The third-order valence-corrected chi connectivity index (χ3v) is 6.90. The van der Waals surface area contributed by atoms with Crippen molar-refractivity contribution in [2.24, 2.45) is 5.41 Å². The molecule has 2 heterocycles. The average Bonchev–Trinajstić information content (AvgIpc) is 2.68. The van der Waals surface area contributed by atoms with Crippen LogP contribution in [0.5, 0.6) is 0 Å². The molecule has 1 aromatic carbocycles. The Hall–Kier alpha value is -3.01. The van der Waals surface area contributed by atoms with Crippen LogP contribution in [-0.2, 0) is 22.3 Å². The van der Waals surface area contributed by atoms with Gasteiger partial charge in [0.25, 0.3) is 5.91 Å². The normalized spacial score (nSPS) is 29.1. The summed E-state index contributed by atoms with van der Waals surface area (Å²) in [6, 6.07) is 4.69. The second-order valence-corrected chi connectivity index (χ2v) is 9.48. The van der Waals surface area contributed by atoms with E-state index < -0.39 is 53.0 Å². The molecule has 2 amide bonds. The molecule has 0 spiro atoms. The minimum atomic E-state index is -4.48. The monoisotopic (exact) mass is 463 g/mol. The number of alkyl halides is 3. The van der Waals surface area contributed by atoms with Crippen molar-refractivity contribution in [2.75, 3.05) is 11.4 Å². The van der Waals surface area contributed by atoms with Crippen molar-refractivity contribution in [1.82, 2.24) is 9.88 Å². The third kappa shape index (κ3) is 3.47. The maximum atomic E-state index is 14.6. The molecule has 3 aliphatic carbocycles. The Kier molecular flexibility index (Phi) is 4.62. The molecule has 1 N–H and O–H groups in total. The molecule has 4 aliphatic rings. The number of amides is 2. The molecule has 33 heavy (non-hydrogen) atoms. The summed E-state index contributed by atoms with van der Waals surface area (Å²) in [6.07, 6.45) is -2.06. The van der Waals surface area contributed by atoms with Crippen LogP contribution < -0.4 is 4.90 Å². The number of pyridine rings is 1. The van der Waals surface area contributed by atoms with Crippen LogP contribution in [0.15, 0.2) is 36.5 Å². The number of nitrogens with zero attached hydrogens (tertiary/aromatic N) is 3. The zero-order valence-electron chi connectivity index (χ0n) is 17.7. The summed E-state index contributed by atoms with van der Waals surface area (Å²) in [5, 5.41) is 10.3. The van der Waals surface area contributed by atoms with Crippen molar-refractivity contribution in [2.45, 2.75) is 50.6 Å². The van der Waals surface area contributed by atoms with E-state index in [1.807, 2.05) is 0 Å². The molecule has 10 heteroatoms. The fourth-order valence-electron chi connectivity index (χ4n) is 5.50. The third-order valence-electron chi connectivity index (χ3n) is 6.90. The Balaban J connectivity index is 1.46. The van der Waals surface area contributed by atoms with E-state index in [2.05, 4.69) is 4.98 Å². The first kappa shape index (κ1) is 21.8. The summed E-state index contributed by atoms with van der Waals surface area (Å²) in [4.78, 5) is 33.1. The van der Waals surface area contributed by atoms with Crippen molar-refractivity contribution in [1.29, 1.82) is 0 Å². The minimum absolute atomic E-state index is 0.0643. The topological polar surface area (TPSA) is 73.7 Å². The zero-order valence-corrected chi connectivity index (χ0v) is 17.7. The molecule has 1 aromatic heterocycles. The Morgan fingerprint density at radius 2 is 1.79 bits per heavy atom. The van der Waals surface area contributed by atoms with Gasteiger partial charge in [0.05, 0.1) is 11.2 Å². The molecule has 6 rings (SSSR count). The molecule has 0 radical (unpaired) electrons. The van der Waals surface area contributed by atoms with E-state index in [1.54, 1.807) is 6.92 Å². The van der Waals surface area contributed by atoms with E-state index in [-0.39, 0.29) is 12.4 Å². The maximum Gasteiger partial charge on any atom is 0.416 e. The number of rotatable bonds is 4. The van der Waals surface area contributed by atoms with Crippen LogP contribution >= 0.6 is 0 Å². The number of aromatic nitrogens is 1. The van der Waals surface area contributed by atoms with Crippen LogP contribution in [-0.4, -0.2) is 45.0 Å². The van der Waals surface area contributed by atoms with Gasteiger partial charge in [-0.25, -0.2) is 9.37 Å². The number of aliphatic hydroxyl groups is 1. The predicted molar refractivity (Wildman–Crippen MR) is 108 cm³/mol. The van der Waals surface area contributed by atoms with Gasteiger partial charge in [-0.2, -0.15) is 13.2 Å². The fourth-order valence-corrected chi connectivity index (χ4v) is 5.50. The van der Waals surface area contributed by atoms with E-state index >= 15 is 0 Å². The number of carbonyl (C=O) groups excluding carboxylic acids is 2. The van der Waals surface area contributed by atoms with Crippen LogP contribution in [0.3, 0.4) is 0 Å². The van der Waals surface area contributed by atoms with E-state index in [0.29, 0.717) is 30.4 Å². The van der Waals surface area contributed by atoms with Crippen LogP contribution in [0.4, 0.5) is 23.4 Å². The lowest BCUT2D eigenvalue weighted by Gasteiger charge is -2.71. The highest BCUT2D eigenvalue weighted by Gasteiger charge is 2.73. The van der Waals surface area contributed by atoms with Gasteiger partial charge in [-0.1, -0.05) is 12.1 Å². The summed E-state index contributed by atoms with van der Waals surface area (Å²) in [6.45, 7) is 1.16. The molecule has 1 saturated heterocycles. The second-order valence-electron chi connectivity index (χ2n) is 9.48. The number of hydrogen-bond donors (Lipinski definition) is 1. The largest absolute Gasteiger partial charge is 0.416 e. The highest BCUT2D eigenvalue weighted by Crippen LogP contribution is 2.70. The van der Waals surface area contributed by atoms with Gasteiger partial charge in [-0.15, -0.1) is 0 Å². The van der Waals surface area contributed by atoms with Gasteiger partial charge in [-0.05, 0) is 55.5 Å². The minimum Gasteiger partial charge on any atom is -0.390 e. The fraction of sp³-hybridized carbons (Fsp3) is 0.435. The number of hydrogen-bond acceptors (Lipinski definition) is 4. The maximum absolute atomic E-state index is 14.6. The summed E-state index contributed by atoms with van der Waals surface area (Å²) < 4.78 is 53.3. The molecule has 4 fully saturated rings. The average molecular weight is 463 g/mol. The molecule has 2 bridgehead atoms. The summed E-state index contributed by atoms with van der Waals surface area (Å²) in [7, 11) is 0. The van der Waals surface area contributed by atoms with Crippen molar-refractivity contribution in [3.63, 3.8) is 0 Å². The number of anilines is 1. The molecule has 1 unspecified atom stereocenters. The van der Waals surface area contributed by atoms with Gasteiger partial charge in [0, 0.05) is 18.2 Å². The standard InChI is InChI=1S/C23H21F4N3O3/c1-13-6-16(24)19(28-7-13)30-9-17(31)29(8-14-2-4-15(5-3-14)23(25,26)27)18(20(30)32)21-10-22(33,11-21)12-21/h2-7,18,33H,8-12H2,1H3. The lowest BCUT2D eigenvalue weighted by atomic mass is 9.38. The van der Waals surface area contributed by atoms with Crippen molar-refractivity contribution < 1.29 is 32.3 Å². The van der Waals surface area contributed by atoms with Gasteiger partial charge in [0.1, 0.15) is 12.6 Å². The van der Waals surface area contributed by atoms with E-state index in [0.717, 1.165) is 17.0 Å². The summed E-state index contributed by atoms with van der Waals surface area (Å²) >= 11 is 0. The number of halogens is 4. The van der Waals surface area contributed by atoms with Crippen molar-refractivity contribution >= 4 is 17.6 Å². The van der Waals surface area contributed by atoms with E-state index in [4.69, 9.17) is 0 Å². The Labute approximate surface area is 186 Å². The first-order valence-corrected chi connectivity index (χ1v) is 10.5. The zero-order chi connectivity index (χ0) is 23.8. The highest BCUT2D eigenvalue weighted by molar-refractivity contribution is 6.06. The van der Waals surface area contributed by atoms with Crippen molar-refractivity contribution in [3.05, 3.63) is 59.0 Å². The summed E-state index contributed by atoms with van der Waals surface area (Å²) in [5.74, 6) is -1.91. The van der Waals surface area contributed by atoms with Crippen LogP contribution in [0, 0.1) is 18.2 Å². The number of carbonyl (C=O) groups is 2. The lowest BCUT2D eigenvalue weighted by Crippen LogP contribution is -2.78. The number of piperazine rings is 1. The molecule has 1 atom stereocenters. The van der Waals surface area contributed by atoms with Crippen LogP contribution in [0.2, 0.25) is 0 Å². The van der Waals surface area contributed by atoms with Gasteiger partial charge in [0.15, 0.2) is 11.6 Å². The van der Waals surface area contributed by atoms with Crippen LogP contribution in [0.1, 0.15) is 36.0 Å². The Bertz CT molecular complexity index is 1130.